The normalized spacial score (nSPS) is 11.4. The van der Waals surface area contributed by atoms with Crippen LogP contribution < -0.4 is 10.6 Å². The number of carbonyl (C=O) groups is 1. The summed E-state index contributed by atoms with van der Waals surface area (Å²) in [5, 5.41) is 23.9. The minimum absolute atomic E-state index is 0.0354. The summed E-state index contributed by atoms with van der Waals surface area (Å²) >= 11 is 1.41. The van der Waals surface area contributed by atoms with Gasteiger partial charge in [-0.15, -0.1) is 10.2 Å². The van der Waals surface area contributed by atoms with E-state index in [4.69, 9.17) is 5.11 Å². The maximum absolute atomic E-state index is 11.8. The molecule has 0 unspecified atom stereocenters. The van der Waals surface area contributed by atoms with Gasteiger partial charge in [-0.25, -0.2) is 4.79 Å². The molecule has 0 saturated heterocycles. The maximum Gasteiger partial charge on any atom is 0.321 e. The molecule has 1 heterocycles. The summed E-state index contributed by atoms with van der Waals surface area (Å²) in [4.78, 5) is 11.8. The maximum atomic E-state index is 11.8. The van der Waals surface area contributed by atoms with Crippen LogP contribution in [-0.4, -0.2) is 33.5 Å². The molecule has 0 atom stereocenters. The Morgan fingerprint density at radius 3 is 2.75 bits per heavy atom. The van der Waals surface area contributed by atoms with Crippen LogP contribution in [0.4, 0.5) is 9.93 Å². The van der Waals surface area contributed by atoms with Crippen molar-refractivity contribution in [1.29, 1.82) is 0 Å². The minimum Gasteiger partial charge on any atom is -0.396 e. The quantitative estimate of drug-likeness (QED) is 0.644. The lowest BCUT2D eigenvalue weighted by atomic mass is 10.0. The molecule has 0 aliphatic carbocycles. The van der Waals surface area contributed by atoms with E-state index >= 15 is 0 Å². The molecule has 0 bridgehead atoms. The van der Waals surface area contributed by atoms with Gasteiger partial charge in [-0.2, -0.15) is 0 Å². The summed E-state index contributed by atoms with van der Waals surface area (Å²) in [6.45, 7) is 5.91. The molecule has 0 aromatic carbocycles. The van der Waals surface area contributed by atoms with Gasteiger partial charge in [0.2, 0.25) is 5.13 Å². The number of aliphatic hydroxyl groups excluding tert-OH is 1. The molecule has 0 radical (unpaired) electrons. The van der Waals surface area contributed by atoms with Gasteiger partial charge in [-0.1, -0.05) is 31.1 Å². The van der Waals surface area contributed by atoms with Crippen molar-refractivity contribution >= 4 is 22.5 Å². The average Bonchev–Trinajstić information content (AvgIpc) is 2.76. The SMILES string of the molecule is CCCCCc1nnc(NC(=O)NC(C)(C)CCO)s1. The molecule has 0 fully saturated rings. The lowest BCUT2D eigenvalue weighted by Crippen LogP contribution is -2.46. The number of aromatic nitrogens is 2. The fraction of sp³-hybridized carbons (Fsp3) is 0.769. The molecule has 1 rings (SSSR count). The number of carbonyl (C=O) groups excluding carboxylic acids is 1. The van der Waals surface area contributed by atoms with E-state index in [-0.39, 0.29) is 12.6 Å². The van der Waals surface area contributed by atoms with E-state index in [2.05, 4.69) is 27.8 Å². The van der Waals surface area contributed by atoms with Crippen molar-refractivity contribution in [3.8, 4) is 0 Å². The zero-order chi connectivity index (χ0) is 15.0. The molecule has 6 nitrogen and oxygen atoms in total. The largest absolute Gasteiger partial charge is 0.396 e. The number of hydrogen-bond donors (Lipinski definition) is 3. The molecular formula is C13H24N4O2S. The lowest BCUT2D eigenvalue weighted by molar-refractivity contribution is 0.218. The zero-order valence-corrected chi connectivity index (χ0v) is 13.2. The second kappa shape index (κ2) is 8.16. The van der Waals surface area contributed by atoms with Crippen LogP contribution in [0.3, 0.4) is 0 Å². The number of anilines is 1. The number of aliphatic hydroxyl groups is 1. The van der Waals surface area contributed by atoms with Crippen molar-refractivity contribution in [2.75, 3.05) is 11.9 Å². The predicted octanol–water partition coefficient (Wildman–Crippen LogP) is 2.55. The zero-order valence-electron chi connectivity index (χ0n) is 12.4. The van der Waals surface area contributed by atoms with Gasteiger partial charge in [0.25, 0.3) is 0 Å². The third kappa shape index (κ3) is 6.29. The summed E-state index contributed by atoms with van der Waals surface area (Å²) < 4.78 is 0. The molecule has 20 heavy (non-hydrogen) atoms. The monoisotopic (exact) mass is 300 g/mol. The van der Waals surface area contributed by atoms with Gasteiger partial charge in [0.1, 0.15) is 5.01 Å². The molecule has 3 N–H and O–H groups in total. The van der Waals surface area contributed by atoms with Gasteiger partial charge in [0.05, 0.1) is 0 Å². The number of nitrogens with one attached hydrogen (secondary N) is 2. The first kappa shape index (κ1) is 16.8. The third-order valence-corrected chi connectivity index (χ3v) is 3.77. The van der Waals surface area contributed by atoms with E-state index in [0.717, 1.165) is 17.8 Å². The Morgan fingerprint density at radius 2 is 2.10 bits per heavy atom. The van der Waals surface area contributed by atoms with Gasteiger partial charge >= 0.3 is 6.03 Å². The van der Waals surface area contributed by atoms with Crippen molar-refractivity contribution in [2.24, 2.45) is 0 Å². The van der Waals surface area contributed by atoms with Crippen LogP contribution in [-0.2, 0) is 6.42 Å². The topological polar surface area (TPSA) is 87.1 Å². The van der Waals surface area contributed by atoms with Crippen molar-refractivity contribution in [3.63, 3.8) is 0 Å². The fourth-order valence-corrected chi connectivity index (χ4v) is 2.49. The smallest absolute Gasteiger partial charge is 0.321 e. The Bertz CT molecular complexity index is 420. The van der Waals surface area contributed by atoms with Crippen LogP contribution >= 0.6 is 11.3 Å². The highest BCUT2D eigenvalue weighted by Gasteiger charge is 2.20. The van der Waals surface area contributed by atoms with Gasteiger partial charge in [0.15, 0.2) is 0 Å². The molecule has 2 amide bonds. The van der Waals surface area contributed by atoms with Crippen LogP contribution in [0.25, 0.3) is 0 Å². The number of hydrogen-bond acceptors (Lipinski definition) is 5. The second-order valence-electron chi connectivity index (χ2n) is 5.39. The molecule has 0 aliphatic heterocycles. The molecular weight excluding hydrogens is 276 g/mol. The minimum atomic E-state index is -0.451. The lowest BCUT2D eigenvalue weighted by Gasteiger charge is -2.24. The number of unbranched alkanes of at least 4 members (excludes halogenated alkanes) is 2. The summed E-state index contributed by atoms with van der Waals surface area (Å²) in [7, 11) is 0. The van der Waals surface area contributed by atoms with Gasteiger partial charge in [-0.05, 0) is 26.7 Å². The Kier molecular flexibility index (Phi) is 6.87. The molecule has 1 aromatic heterocycles. The van der Waals surface area contributed by atoms with Crippen molar-refractivity contribution < 1.29 is 9.90 Å². The van der Waals surface area contributed by atoms with Crippen LogP contribution in [0.2, 0.25) is 0 Å². The molecule has 1 aromatic rings. The number of aryl methyl sites for hydroxylation is 1. The molecule has 0 saturated carbocycles. The van der Waals surface area contributed by atoms with Gasteiger partial charge in [0, 0.05) is 18.6 Å². The van der Waals surface area contributed by atoms with Gasteiger partial charge in [-0.3, -0.25) is 5.32 Å². The van der Waals surface area contributed by atoms with Crippen molar-refractivity contribution in [2.45, 2.75) is 58.4 Å². The Balaban J connectivity index is 2.42. The van der Waals surface area contributed by atoms with Crippen LogP contribution in [0.5, 0.6) is 0 Å². The van der Waals surface area contributed by atoms with Crippen molar-refractivity contribution in [1.82, 2.24) is 15.5 Å². The van der Waals surface area contributed by atoms with E-state index in [9.17, 15) is 4.79 Å². The van der Waals surface area contributed by atoms with Crippen molar-refractivity contribution in [3.05, 3.63) is 5.01 Å². The van der Waals surface area contributed by atoms with E-state index in [1.807, 2.05) is 13.8 Å². The summed E-state index contributed by atoms with van der Waals surface area (Å²) in [6, 6.07) is -0.320. The highest BCUT2D eigenvalue weighted by atomic mass is 32.1. The average molecular weight is 300 g/mol. The van der Waals surface area contributed by atoms with Gasteiger partial charge < -0.3 is 10.4 Å². The number of rotatable bonds is 8. The fourth-order valence-electron chi connectivity index (χ4n) is 1.71. The standard InChI is InChI=1S/C13H24N4O2S/c1-4-5-6-7-10-16-17-12(20-10)14-11(19)15-13(2,3)8-9-18/h18H,4-9H2,1-3H3,(H2,14,15,17,19). The highest BCUT2D eigenvalue weighted by molar-refractivity contribution is 7.15. The summed E-state index contributed by atoms with van der Waals surface area (Å²) in [5.41, 5.74) is -0.451. The Hall–Kier alpha value is -1.21. The first-order valence-electron chi connectivity index (χ1n) is 6.99. The first-order valence-corrected chi connectivity index (χ1v) is 7.81. The third-order valence-electron chi connectivity index (χ3n) is 2.87. The molecule has 114 valence electrons. The van der Waals surface area contributed by atoms with E-state index < -0.39 is 5.54 Å². The Morgan fingerprint density at radius 1 is 1.35 bits per heavy atom. The van der Waals surface area contributed by atoms with Crippen LogP contribution in [0, 0.1) is 0 Å². The van der Waals surface area contributed by atoms with E-state index in [1.165, 1.54) is 24.2 Å². The summed E-state index contributed by atoms with van der Waals surface area (Å²) in [6.07, 6.45) is 4.86. The predicted molar refractivity (Wildman–Crippen MR) is 81.1 cm³/mol. The van der Waals surface area contributed by atoms with Crippen LogP contribution in [0.1, 0.15) is 51.5 Å². The van der Waals surface area contributed by atoms with E-state index in [1.54, 1.807) is 0 Å². The second-order valence-corrected chi connectivity index (χ2v) is 6.46. The first-order chi connectivity index (χ1) is 9.46. The highest BCUT2D eigenvalue weighted by Crippen LogP contribution is 2.17. The molecule has 0 spiro atoms. The number of urea groups is 1. The molecule has 0 aliphatic rings. The van der Waals surface area contributed by atoms with Crippen LogP contribution in [0.15, 0.2) is 0 Å². The number of nitrogens with zero attached hydrogens (tertiary/aromatic N) is 2. The molecule has 7 heteroatoms. The Labute approximate surface area is 124 Å². The number of amides is 2. The van der Waals surface area contributed by atoms with E-state index in [0.29, 0.717) is 11.6 Å². The summed E-state index contributed by atoms with van der Waals surface area (Å²) in [5.74, 6) is 0.